The number of halogens is 2. The van der Waals surface area contributed by atoms with Crippen LogP contribution in [0.25, 0.3) is 11.1 Å². The topological polar surface area (TPSA) is 43.6 Å². The van der Waals surface area contributed by atoms with Crippen LogP contribution >= 0.6 is 24.0 Å². The van der Waals surface area contributed by atoms with Crippen LogP contribution in [0.5, 0.6) is 0 Å². The molecule has 0 aliphatic heterocycles. The number of aromatic nitrogens is 4. The summed E-state index contributed by atoms with van der Waals surface area (Å²) in [6, 6.07) is 8.02. The lowest BCUT2D eigenvalue weighted by Gasteiger charge is -2.07. The van der Waals surface area contributed by atoms with E-state index < -0.39 is 0 Å². The fourth-order valence-corrected chi connectivity index (χ4v) is 2.33. The Kier molecular flexibility index (Phi) is 5.16. The molecule has 2 heterocycles. The van der Waals surface area contributed by atoms with Gasteiger partial charge in [-0.3, -0.25) is 0 Å². The molecule has 0 amide bonds. The molecule has 0 aliphatic rings. The summed E-state index contributed by atoms with van der Waals surface area (Å²) in [7, 11) is 0. The van der Waals surface area contributed by atoms with Gasteiger partial charge in [-0.1, -0.05) is 17.7 Å². The van der Waals surface area contributed by atoms with Crippen LogP contribution < -0.4 is 0 Å². The molecule has 114 valence electrons. The first-order valence-electron chi connectivity index (χ1n) is 6.69. The molecule has 0 saturated heterocycles. The summed E-state index contributed by atoms with van der Waals surface area (Å²) in [5.74, 6) is 0.963. The van der Waals surface area contributed by atoms with E-state index in [1.165, 1.54) is 0 Å². The highest BCUT2D eigenvalue weighted by atomic mass is 35.5. The van der Waals surface area contributed by atoms with Crippen molar-refractivity contribution in [2.24, 2.45) is 0 Å². The SMILES string of the molecule is Cc1cc(-c2cnnc(Cn3ccnc3C)c2)ccc1Cl.Cl. The number of aryl methyl sites for hydroxylation is 2. The Morgan fingerprint density at radius 1 is 1.14 bits per heavy atom. The average Bonchev–Trinajstić information content (AvgIpc) is 2.88. The van der Waals surface area contributed by atoms with Gasteiger partial charge in [-0.25, -0.2) is 4.98 Å². The lowest BCUT2D eigenvalue weighted by molar-refractivity contribution is 0.727. The molecule has 0 spiro atoms. The fraction of sp³-hybridized carbons (Fsp3) is 0.188. The number of rotatable bonds is 3. The van der Waals surface area contributed by atoms with Crippen LogP contribution in [0.15, 0.2) is 42.9 Å². The molecular formula is C16H16Cl2N4. The predicted octanol–water partition coefficient (Wildman–Crippen LogP) is 4.08. The summed E-state index contributed by atoms with van der Waals surface area (Å²) in [6.45, 7) is 4.63. The smallest absolute Gasteiger partial charge is 0.105 e. The van der Waals surface area contributed by atoms with Gasteiger partial charge >= 0.3 is 0 Å². The van der Waals surface area contributed by atoms with Crippen LogP contribution in [0.4, 0.5) is 0 Å². The van der Waals surface area contributed by atoms with Crippen LogP contribution in [0, 0.1) is 13.8 Å². The molecule has 0 bridgehead atoms. The molecule has 1 aromatic carbocycles. The largest absolute Gasteiger partial charge is 0.329 e. The van der Waals surface area contributed by atoms with E-state index in [4.69, 9.17) is 11.6 Å². The van der Waals surface area contributed by atoms with Gasteiger partial charge in [0, 0.05) is 23.0 Å². The molecule has 2 aromatic heterocycles. The molecule has 6 heteroatoms. The maximum absolute atomic E-state index is 6.07. The van der Waals surface area contributed by atoms with E-state index in [0.717, 1.165) is 33.2 Å². The monoisotopic (exact) mass is 334 g/mol. The van der Waals surface area contributed by atoms with Crippen LogP contribution in [-0.2, 0) is 6.54 Å². The first-order valence-corrected chi connectivity index (χ1v) is 7.07. The maximum atomic E-state index is 6.07. The highest BCUT2D eigenvalue weighted by Crippen LogP contribution is 2.24. The van der Waals surface area contributed by atoms with Crippen molar-refractivity contribution in [3.05, 3.63) is 65.0 Å². The Labute approximate surface area is 140 Å². The third kappa shape index (κ3) is 3.46. The van der Waals surface area contributed by atoms with Crippen molar-refractivity contribution < 1.29 is 0 Å². The zero-order chi connectivity index (χ0) is 14.8. The maximum Gasteiger partial charge on any atom is 0.105 e. The van der Waals surface area contributed by atoms with Gasteiger partial charge < -0.3 is 4.57 Å². The minimum Gasteiger partial charge on any atom is -0.329 e. The summed E-state index contributed by atoms with van der Waals surface area (Å²) < 4.78 is 2.04. The minimum absolute atomic E-state index is 0. The number of hydrogen-bond donors (Lipinski definition) is 0. The van der Waals surface area contributed by atoms with Gasteiger partial charge in [-0.15, -0.1) is 12.4 Å². The summed E-state index contributed by atoms with van der Waals surface area (Å²) >= 11 is 6.07. The molecule has 4 nitrogen and oxygen atoms in total. The Morgan fingerprint density at radius 2 is 1.95 bits per heavy atom. The second kappa shape index (κ2) is 6.90. The molecule has 22 heavy (non-hydrogen) atoms. The lowest BCUT2D eigenvalue weighted by Crippen LogP contribution is -2.04. The second-order valence-electron chi connectivity index (χ2n) is 5.00. The van der Waals surface area contributed by atoms with Crippen molar-refractivity contribution in [1.82, 2.24) is 19.7 Å². The van der Waals surface area contributed by atoms with Crippen molar-refractivity contribution in [3.63, 3.8) is 0 Å². The van der Waals surface area contributed by atoms with Gasteiger partial charge in [0.1, 0.15) is 5.82 Å². The van der Waals surface area contributed by atoms with E-state index in [1.807, 2.05) is 36.7 Å². The number of benzene rings is 1. The highest BCUT2D eigenvalue weighted by Gasteiger charge is 2.05. The summed E-state index contributed by atoms with van der Waals surface area (Å²) in [5.41, 5.74) is 4.09. The Bertz CT molecular complexity index is 783. The van der Waals surface area contributed by atoms with Crippen molar-refractivity contribution in [2.75, 3.05) is 0 Å². The normalized spacial score (nSPS) is 10.3. The zero-order valence-corrected chi connectivity index (χ0v) is 13.9. The number of imidazole rings is 1. The third-order valence-electron chi connectivity index (χ3n) is 3.45. The standard InChI is InChI=1S/C16H15ClN4.ClH/c1-11-7-13(3-4-16(11)17)14-8-15(20-19-9-14)10-21-6-5-18-12(21)2;/h3-9H,10H2,1-2H3;1H. The molecule has 0 atom stereocenters. The Hall–Kier alpha value is -1.91. The quantitative estimate of drug-likeness (QED) is 0.724. The first kappa shape index (κ1) is 16.5. The Morgan fingerprint density at radius 3 is 2.64 bits per heavy atom. The molecule has 0 aliphatic carbocycles. The third-order valence-corrected chi connectivity index (χ3v) is 3.88. The van der Waals surface area contributed by atoms with Gasteiger partial charge in [-0.2, -0.15) is 10.2 Å². The van der Waals surface area contributed by atoms with Crippen molar-refractivity contribution in [1.29, 1.82) is 0 Å². The fourth-order valence-electron chi connectivity index (χ4n) is 2.22. The van der Waals surface area contributed by atoms with E-state index in [0.29, 0.717) is 6.54 Å². The molecule has 0 fully saturated rings. The van der Waals surface area contributed by atoms with Crippen molar-refractivity contribution in [2.45, 2.75) is 20.4 Å². The van der Waals surface area contributed by atoms with Crippen LogP contribution in [0.2, 0.25) is 5.02 Å². The van der Waals surface area contributed by atoms with Gasteiger partial charge in [0.2, 0.25) is 0 Å². The van der Waals surface area contributed by atoms with E-state index in [2.05, 4.69) is 27.3 Å². The van der Waals surface area contributed by atoms with Crippen LogP contribution in [-0.4, -0.2) is 19.7 Å². The van der Waals surface area contributed by atoms with Gasteiger partial charge in [0.15, 0.2) is 0 Å². The van der Waals surface area contributed by atoms with Crippen molar-refractivity contribution >= 4 is 24.0 Å². The average molecular weight is 335 g/mol. The van der Waals surface area contributed by atoms with Gasteiger partial charge in [0.05, 0.1) is 18.4 Å². The molecule has 3 aromatic rings. The van der Waals surface area contributed by atoms with Crippen molar-refractivity contribution in [3.8, 4) is 11.1 Å². The van der Waals surface area contributed by atoms with E-state index in [1.54, 1.807) is 12.4 Å². The molecule has 3 rings (SSSR count). The first-order chi connectivity index (χ1) is 10.1. The minimum atomic E-state index is 0. The number of hydrogen-bond acceptors (Lipinski definition) is 3. The van der Waals surface area contributed by atoms with Gasteiger partial charge in [0.25, 0.3) is 0 Å². The van der Waals surface area contributed by atoms with E-state index >= 15 is 0 Å². The van der Waals surface area contributed by atoms with E-state index in [9.17, 15) is 0 Å². The predicted molar refractivity (Wildman–Crippen MR) is 90.5 cm³/mol. The molecule has 0 saturated carbocycles. The summed E-state index contributed by atoms with van der Waals surface area (Å²) in [5, 5.41) is 9.08. The lowest BCUT2D eigenvalue weighted by atomic mass is 10.1. The summed E-state index contributed by atoms with van der Waals surface area (Å²) in [4.78, 5) is 4.21. The molecule has 0 unspecified atom stereocenters. The van der Waals surface area contributed by atoms with Gasteiger partial charge in [-0.05, 0) is 43.2 Å². The number of nitrogens with zero attached hydrogens (tertiary/aromatic N) is 4. The molecule has 0 radical (unpaired) electrons. The second-order valence-corrected chi connectivity index (χ2v) is 5.41. The van der Waals surface area contributed by atoms with Crippen LogP contribution in [0.3, 0.4) is 0 Å². The zero-order valence-electron chi connectivity index (χ0n) is 12.3. The summed E-state index contributed by atoms with van der Waals surface area (Å²) in [6.07, 6.45) is 5.50. The molecular weight excluding hydrogens is 319 g/mol. The molecule has 0 N–H and O–H groups in total. The highest BCUT2D eigenvalue weighted by molar-refractivity contribution is 6.31. The Balaban J connectivity index is 0.00000176. The van der Waals surface area contributed by atoms with Crippen LogP contribution in [0.1, 0.15) is 17.1 Å². The van der Waals surface area contributed by atoms with E-state index in [-0.39, 0.29) is 12.4 Å².